The van der Waals surface area contributed by atoms with Gasteiger partial charge in [-0.3, -0.25) is 4.79 Å². The highest BCUT2D eigenvalue weighted by Crippen LogP contribution is 2.22. The molecule has 0 aromatic rings. The molecular weight excluding hydrogens is 184 g/mol. The van der Waals surface area contributed by atoms with Crippen molar-refractivity contribution in [3.8, 4) is 0 Å². The highest BCUT2D eigenvalue weighted by atomic mass is 16.4. The summed E-state index contributed by atoms with van der Waals surface area (Å²) < 4.78 is 0. The van der Waals surface area contributed by atoms with Gasteiger partial charge in [-0.15, -0.1) is 0 Å². The molecule has 0 saturated carbocycles. The zero-order chi connectivity index (χ0) is 10.6. The number of aliphatic carboxylic acids is 2. The molecule has 0 radical (unpaired) electrons. The lowest BCUT2D eigenvalue weighted by molar-refractivity contribution is -0.142. The highest BCUT2D eigenvalue weighted by molar-refractivity contribution is 5.86. The van der Waals surface area contributed by atoms with Crippen LogP contribution >= 0.6 is 0 Å². The minimum atomic E-state index is -0.876. The Morgan fingerprint density at radius 3 is 2.57 bits per heavy atom. The molecule has 2 N–H and O–H groups in total. The van der Waals surface area contributed by atoms with Crippen molar-refractivity contribution in [2.75, 3.05) is 0 Å². The van der Waals surface area contributed by atoms with Crippen molar-refractivity contribution in [3.05, 3.63) is 11.6 Å². The van der Waals surface area contributed by atoms with Gasteiger partial charge in [0.15, 0.2) is 0 Å². The number of hydrogen-bond acceptors (Lipinski definition) is 2. The summed E-state index contributed by atoms with van der Waals surface area (Å²) >= 11 is 0. The molecule has 4 heteroatoms. The first-order chi connectivity index (χ1) is 6.61. The van der Waals surface area contributed by atoms with Gasteiger partial charge >= 0.3 is 11.9 Å². The standard InChI is InChI=1S/C10H14O4/c11-9(12)7-3-1-4-8(10(13)14)6-2-5-7/h3,8H,1-2,4-6H2,(H,11,12)(H,13,14)/b7-3-/t8-/m0/s1. The van der Waals surface area contributed by atoms with Crippen LogP contribution in [0.1, 0.15) is 32.1 Å². The van der Waals surface area contributed by atoms with Gasteiger partial charge in [-0.05, 0) is 32.1 Å². The summed E-state index contributed by atoms with van der Waals surface area (Å²) in [5.41, 5.74) is 0.425. The number of allylic oxidation sites excluding steroid dienone is 1. The first-order valence-electron chi connectivity index (χ1n) is 4.76. The molecule has 14 heavy (non-hydrogen) atoms. The second-order valence-corrected chi connectivity index (χ2v) is 3.54. The fraction of sp³-hybridized carbons (Fsp3) is 0.600. The van der Waals surface area contributed by atoms with E-state index in [9.17, 15) is 9.59 Å². The Balaban J connectivity index is 2.58. The van der Waals surface area contributed by atoms with Crippen molar-refractivity contribution in [1.82, 2.24) is 0 Å². The van der Waals surface area contributed by atoms with Crippen molar-refractivity contribution in [2.45, 2.75) is 32.1 Å². The lowest BCUT2D eigenvalue weighted by Gasteiger charge is -2.14. The third kappa shape index (κ3) is 2.87. The zero-order valence-corrected chi connectivity index (χ0v) is 7.90. The first-order valence-corrected chi connectivity index (χ1v) is 4.76. The van der Waals surface area contributed by atoms with E-state index < -0.39 is 11.9 Å². The van der Waals surface area contributed by atoms with E-state index in [-0.39, 0.29) is 5.92 Å². The van der Waals surface area contributed by atoms with Gasteiger partial charge in [-0.2, -0.15) is 0 Å². The van der Waals surface area contributed by atoms with E-state index >= 15 is 0 Å². The summed E-state index contributed by atoms with van der Waals surface area (Å²) in [5.74, 6) is -1.95. The molecule has 78 valence electrons. The average molecular weight is 198 g/mol. The van der Waals surface area contributed by atoms with Crippen LogP contribution in [0.2, 0.25) is 0 Å². The van der Waals surface area contributed by atoms with Gasteiger partial charge in [-0.25, -0.2) is 4.79 Å². The Labute approximate surface area is 82.2 Å². The monoisotopic (exact) mass is 198 g/mol. The lowest BCUT2D eigenvalue weighted by atomic mass is 9.91. The molecule has 0 saturated heterocycles. The van der Waals surface area contributed by atoms with E-state index in [1.165, 1.54) is 0 Å². The second kappa shape index (κ2) is 4.79. The van der Waals surface area contributed by atoms with Crippen LogP contribution in [-0.4, -0.2) is 22.2 Å². The van der Waals surface area contributed by atoms with E-state index in [1.807, 2.05) is 0 Å². The Hall–Kier alpha value is -1.32. The third-order valence-corrected chi connectivity index (χ3v) is 2.53. The van der Waals surface area contributed by atoms with Crippen LogP contribution in [0.5, 0.6) is 0 Å². The number of hydrogen-bond donors (Lipinski definition) is 2. The molecule has 0 spiro atoms. The minimum Gasteiger partial charge on any atom is -0.481 e. The summed E-state index contributed by atoms with van der Waals surface area (Å²) in [6.45, 7) is 0. The van der Waals surface area contributed by atoms with Crippen LogP contribution in [0.25, 0.3) is 0 Å². The van der Waals surface area contributed by atoms with Crippen molar-refractivity contribution in [1.29, 1.82) is 0 Å². The van der Waals surface area contributed by atoms with Gasteiger partial charge < -0.3 is 10.2 Å². The fourth-order valence-corrected chi connectivity index (χ4v) is 1.69. The molecular formula is C10H14O4. The van der Waals surface area contributed by atoms with Crippen LogP contribution in [0.3, 0.4) is 0 Å². The molecule has 0 bridgehead atoms. The van der Waals surface area contributed by atoms with Crippen LogP contribution in [0.15, 0.2) is 11.6 Å². The summed E-state index contributed by atoms with van der Waals surface area (Å²) in [6, 6.07) is 0. The van der Waals surface area contributed by atoms with E-state index in [2.05, 4.69) is 0 Å². The quantitative estimate of drug-likeness (QED) is 0.707. The van der Waals surface area contributed by atoms with Gasteiger partial charge in [0, 0.05) is 5.57 Å². The molecule has 4 nitrogen and oxygen atoms in total. The van der Waals surface area contributed by atoms with Gasteiger partial charge in [0.2, 0.25) is 0 Å². The summed E-state index contributed by atoms with van der Waals surface area (Å²) in [7, 11) is 0. The zero-order valence-electron chi connectivity index (χ0n) is 7.90. The number of carboxylic acid groups (broad SMARTS) is 2. The predicted molar refractivity (Wildman–Crippen MR) is 49.9 cm³/mol. The van der Waals surface area contributed by atoms with Crippen molar-refractivity contribution < 1.29 is 19.8 Å². The van der Waals surface area contributed by atoms with E-state index in [0.717, 1.165) is 0 Å². The molecule has 0 amide bonds. The largest absolute Gasteiger partial charge is 0.481 e. The van der Waals surface area contributed by atoms with E-state index in [1.54, 1.807) is 6.08 Å². The molecule has 0 heterocycles. The number of carbonyl (C=O) groups is 2. The van der Waals surface area contributed by atoms with Crippen LogP contribution in [-0.2, 0) is 9.59 Å². The summed E-state index contributed by atoms with van der Waals surface area (Å²) in [4.78, 5) is 21.3. The minimum absolute atomic E-state index is 0.304. The predicted octanol–water partition coefficient (Wildman–Crippen LogP) is 1.66. The van der Waals surface area contributed by atoms with Gasteiger partial charge in [0.05, 0.1) is 5.92 Å². The SMILES string of the molecule is O=C(O)/C1=C\CC[C@H](C(=O)O)CCC1. The van der Waals surface area contributed by atoms with Crippen molar-refractivity contribution in [2.24, 2.45) is 5.92 Å². The first kappa shape index (κ1) is 10.8. The maximum atomic E-state index is 10.7. The summed E-state index contributed by atoms with van der Waals surface area (Å²) in [6.07, 6.45) is 4.47. The topological polar surface area (TPSA) is 74.6 Å². The van der Waals surface area contributed by atoms with Crippen molar-refractivity contribution >= 4 is 11.9 Å². The Morgan fingerprint density at radius 1 is 1.29 bits per heavy atom. The molecule has 0 aromatic heterocycles. The molecule has 0 fully saturated rings. The number of carboxylic acids is 2. The summed E-state index contributed by atoms with van der Waals surface area (Å²) in [5, 5.41) is 17.5. The second-order valence-electron chi connectivity index (χ2n) is 3.54. The molecule has 0 unspecified atom stereocenters. The van der Waals surface area contributed by atoms with Crippen molar-refractivity contribution in [3.63, 3.8) is 0 Å². The Morgan fingerprint density at radius 2 is 2.00 bits per heavy atom. The molecule has 0 aliphatic heterocycles. The lowest BCUT2D eigenvalue weighted by Crippen LogP contribution is -2.15. The normalized spacial score (nSPS) is 26.9. The number of rotatable bonds is 2. The smallest absolute Gasteiger partial charge is 0.331 e. The van der Waals surface area contributed by atoms with Gasteiger partial charge in [0.25, 0.3) is 0 Å². The van der Waals surface area contributed by atoms with Gasteiger partial charge in [0.1, 0.15) is 0 Å². The Kier molecular flexibility index (Phi) is 3.68. The molecule has 0 aromatic carbocycles. The Bertz CT molecular complexity index is 267. The van der Waals surface area contributed by atoms with Crippen LogP contribution in [0.4, 0.5) is 0 Å². The third-order valence-electron chi connectivity index (χ3n) is 2.53. The average Bonchev–Trinajstić information content (AvgIpc) is 2.01. The van der Waals surface area contributed by atoms with Crippen LogP contribution in [0, 0.1) is 5.92 Å². The maximum Gasteiger partial charge on any atom is 0.331 e. The van der Waals surface area contributed by atoms with Gasteiger partial charge in [-0.1, -0.05) is 6.08 Å². The fourth-order valence-electron chi connectivity index (χ4n) is 1.69. The molecule has 1 atom stereocenters. The molecule has 1 aliphatic rings. The molecule has 1 aliphatic carbocycles. The van der Waals surface area contributed by atoms with E-state index in [4.69, 9.17) is 10.2 Å². The van der Waals surface area contributed by atoms with E-state index in [0.29, 0.717) is 37.7 Å². The maximum absolute atomic E-state index is 10.7. The highest BCUT2D eigenvalue weighted by Gasteiger charge is 2.19. The molecule has 1 rings (SSSR count). The van der Waals surface area contributed by atoms with Crippen LogP contribution < -0.4 is 0 Å².